The first-order valence-electron chi connectivity index (χ1n) is 13.4. The zero-order valence-corrected chi connectivity index (χ0v) is 24.9. The number of carbonyl (C=O) groups is 3. The Kier molecular flexibility index (Phi) is 12.4. The lowest BCUT2D eigenvalue weighted by atomic mass is 10.1. The summed E-state index contributed by atoms with van der Waals surface area (Å²) in [7, 11) is 3.00. The van der Waals surface area contributed by atoms with Gasteiger partial charge in [0, 0.05) is 48.3 Å². The van der Waals surface area contributed by atoms with Gasteiger partial charge in [-0.05, 0) is 30.2 Å². The number of fused-ring (bicyclic) bond motifs is 1. The molecule has 10 nitrogen and oxygen atoms in total. The number of rotatable bonds is 16. The summed E-state index contributed by atoms with van der Waals surface area (Å²) in [6.45, 7) is 4.10. The van der Waals surface area contributed by atoms with Crippen LogP contribution in [0, 0.1) is 11.7 Å². The van der Waals surface area contributed by atoms with E-state index in [1.54, 1.807) is 36.8 Å². The fourth-order valence-electron chi connectivity index (χ4n) is 3.87. The number of methoxy groups -OCH3 is 2. The first kappa shape index (κ1) is 32.6. The van der Waals surface area contributed by atoms with E-state index >= 15 is 0 Å². The van der Waals surface area contributed by atoms with Crippen molar-refractivity contribution in [1.29, 1.82) is 0 Å². The number of benzene rings is 2. The highest BCUT2D eigenvalue weighted by Crippen LogP contribution is 2.30. The molecule has 3 aromatic rings. The van der Waals surface area contributed by atoms with Gasteiger partial charge in [-0.2, -0.15) is 5.10 Å². The van der Waals surface area contributed by atoms with Crippen molar-refractivity contribution in [2.75, 3.05) is 34.0 Å². The number of hydrogen-bond acceptors (Lipinski definition) is 10. The van der Waals surface area contributed by atoms with Gasteiger partial charge in [0.1, 0.15) is 25.1 Å². The number of halogens is 1. The number of esters is 1. The molecule has 2 aromatic carbocycles. The topological polar surface area (TPSA) is 139 Å². The first-order valence-corrected chi connectivity index (χ1v) is 14.3. The van der Waals surface area contributed by atoms with E-state index < -0.39 is 17.9 Å². The minimum absolute atomic E-state index is 0.00733. The van der Waals surface area contributed by atoms with Crippen molar-refractivity contribution in [2.45, 2.75) is 39.2 Å². The van der Waals surface area contributed by atoms with Gasteiger partial charge in [-0.3, -0.25) is 14.4 Å². The van der Waals surface area contributed by atoms with Crippen molar-refractivity contribution in [3.63, 3.8) is 0 Å². The van der Waals surface area contributed by atoms with Crippen LogP contribution in [0.5, 0.6) is 11.5 Å². The molecule has 0 aliphatic heterocycles. The number of Topliss-reactive ketones (excluding diaryl/α,β-unsaturated/α-hetero) is 1. The lowest BCUT2D eigenvalue weighted by molar-refractivity contribution is -0.147. The Labute approximate surface area is 248 Å². The lowest BCUT2D eigenvalue weighted by Crippen LogP contribution is -2.37. The number of nitrogens with one attached hydrogen (secondary N) is 1. The number of nitrogens with two attached hydrogens (primary N) is 1. The van der Waals surface area contributed by atoms with E-state index in [4.69, 9.17) is 24.7 Å². The Morgan fingerprint density at radius 3 is 2.52 bits per heavy atom. The van der Waals surface area contributed by atoms with Crippen molar-refractivity contribution in [1.82, 2.24) is 5.43 Å². The van der Waals surface area contributed by atoms with Gasteiger partial charge in [0.2, 0.25) is 5.91 Å². The Bertz CT molecular complexity index is 1420. The quantitative estimate of drug-likeness (QED) is 0.0806. The maximum Gasteiger partial charge on any atom is 0.323 e. The predicted octanol–water partition coefficient (Wildman–Crippen LogP) is 4.47. The van der Waals surface area contributed by atoms with Crippen LogP contribution in [0.15, 0.2) is 46.9 Å². The maximum atomic E-state index is 14.2. The van der Waals surface area contributed by atoms with Gasteiger partial charge >= 0.3 is 5.97 Å². The SMILES string of the molecule is COCC/C(=N\NC(=O)CCC(=O)c1ccc(OCCOC(=O)[C@@H](N)C(C)C)c(OC)c1)c1csc2c(F)cccc12. The third-order valence-electron chi connectivity index (χ3n) is 6.36. The molecule has 0 bridgehead atoms. The minimum Gasteiger partial charge on any atom is -0.493 e. The molecule has 3 N–H and O–H groups in total. The molecule has 226 valence electrons. The first-order chi connectivity index (χ1) is 20.2. The van der Waals surface area contributed by atoms with Crippen LogP contribution in [0.4, 0.5) is 4.39 Å². The molecule has 0 fully saturated rings. The highest BCUT2D eigenvalue weighted by Gasteiger charge is 2.19. The molecular formula is C30H36FN3O7S. The zero-order valence-electron chi connectivity index (χ0n) is 24.1. The smallest absolute Gasteiger partial charge is 0.323 e. The van der Waals surface area contributed by atoms with Crippen LogP contribution in [-0.4, -0.2) is 63.5 Å². The summed E-state index contributed by atoms with van der Waals surface area (Å²) in [6.07, 6.45) is 0.250. The van der Waals surface area contributed by atoms with Crippen molar-refractivity contribution < 1.29 is 37.7 Å². The largest absolute Gasteiger partial charge is 0.493 e. The van der Waals surface area contributed by atoms with E-state index in [-0.39, 0.29) is 43.6 Å². The molecule has 0 aliphatic rings. The number of hydrogen-bond donors (Lipinski definition) is 2. The van der Waals surface area contributed by atoms with Gasteiger partial charge in [-0.25, -0.2) is 9.82 Å². The van der Waals surface area contributed by atoms with Gasteiger partial charge in [-0.1, -0.05) is 26.0 Å². The Hall–Kier alpha value is -3.87. The van der Waals surface area contributed by atoms with Crippen LogP contribution in [0.2, 0.25) is 0 Å². The molecule has 1 aromatic heterocycles. The standard InChI is InChI=1S/C30H36FN3O7S/c1-18(2)28(32)30(37)41-15-14-40-25-10-8-19(16-26(25)39-4)24(35)9-11-27(36)34-33-23(12-13-38-3)21-17-42-29-20(21)6-5-7-22(29)31/h5-8,10,16-18,28H,9,11-15,32H2,1-4H3,(H,34,36)/b33-23+/t28-/m0/s1. The molecule has 0 saturated heterocycles. The minimum atomic E-state index is -0.705. The zero-order chi connectivity index (χ0) is 30.6. The normalized spacial score (nSPS) is 12.3. The van der Waals surface area contributed by atoms with Crippen molar-refractivity contribution in [3.8, 4) is 11.5 Å². The van der Waals surface area contributed by atoms with Crippen molar-refractivity contribution in [2.24, 2.45) is 16.8 Å². The molecule has 3 rings (SSSR count). The molecule has 0 spiro atoms. The Balaban J connectivity index is 1.56. The second-order valence-corrected chi connectivity index (χ2v) is 10.6. The number of ether oxygens (including phenoxy) is 4. The number of ketones is 1. The molecule has 1 atom stereocenters. The summed E-state index contributed by atoms with van der Waals surface area (Å²) in [5.41, 5.74) is 9.88. The summed E-state index contributed by atoms with van der Waals surface area (Å²) in [4.78, 5) is 37.2. The number of carbonyl (C=O) groups excluding carboxylic acids is 3. The monoisotopic (exact) mass is 601 g/mol. The lowest BCUT2D eigenvalue weighted by Gasteiger charge is -2.15. The van der Waals surface area contributed by atoms with Crippen LogP contribution < -0.4 is 20.6 Å². The summed E-state index contributed by atoms with van der Waals surface area (Å²) < 4.78 is 35.9. The Morgan fingerprint density at radius 1 is 1.02 bits per heavy atom. The third-order valence-corrected chi connectivity index (χ3v) is 7.37. The second-order valence-electron chi connectivity index (χ2n) is 9.68. The van der Waals surface area contributed by atoms with E-state index in [1.807, 2.05) is 13.8 Å². The summed E-state index contributed by atoms with van der Waals surface area (Å²) in [5.74, 6) is -0.881. The van der Waals surface area contributed by atoms with Crippen molar-refractivity contribution >= 4 is 44.8 Å². The molecule has 0 saturated carbocycles. The van der Waals surface area contributed by atoms with Crippen LogP contribution >= 0.6 is 11.3 Å². The van der Waals surface area contributed by atoms with Gasteiger partial charge in [-0.15, -0.1) is 11.3 Å². The second kappa shape index (κ2) is 15.9. The van der Waals surface area contributed by atoms with Gasteiger partial charge in [0.25, 0.3) is 0 Å². The summed E-state index contributed by atoms with van der Waals surface area (Å²) in [5, 5.41) is 6.78. The van der Waals surface area contributed by atoms with E-state index in [0.717, 1.165) is 5.56 Å². The van der Waals surface area contributed by atoms with E-state index in [9.17, 15) is 18.8 Å². The maximum absolute atomic E-state index is 14.2. The van der Waals surface area contributed by atoms with Gasteiger partial charge in [0.15, 0.2) is 17.3 Å². The molecule has 42 heavy (non-hydrogen) atoms. The highest BCUT2D eigenvalue weighted by molar-refractivity contribution is 7.17. The average Bonchev–Trinajstić information content (AvgIpc) is 3.42. The van der Waals surface area contributed by atoms with E-state index in [1.165, 1.54) is 30.6 Å². The van der Waals surface area contributed by atoms with Crippen LogP contribution in [-0.2, 0) is 19.1 Å². The average molecular weight is 602 g/mol. The van der Waals surface area contributed by atoms with Gasteiger partial charge < -0.3 is 24.7 Å². The van der Waals surface area contributed by atoms with Crippen LogP contribution in [0.3, 0.4) is 0 Å². The third kappa shape index (κ3) is 8.81. The number of hydrazone groups is 1. The number of amides is 1. The van der Waals surface area contributed by atoms with Crippen LogP contribution in [0.25, 0.3) is 10.1 Å². The van der Waals surface area contributed by atoms with Gasteiger partial charge in [0.05, 0.1) is 24.1 Å². The molecule has 1 heterocycles. The Morgan fingerprint density at radius 2 is 1.81 bits per heavy atom. The molecule has 0 unspecified atom stereocenters. The summed E-state index contributed by atoms with van der Waals surface area (Å²) in [6, 6.07) is 8.79. The molecular weight excluding hydrogens is 565 g/mol. The predicted molar refractivity (Wildman–Crippen MR) is 159 cm³/mol. The fraction of sp³-hybridized carbons (Fsp3) is 0.400. The molecule has 0 aliphatic carbocycles. The number of thiophene rings is 1. The van der Waals surface area contributed by atoms with Crippen LogP contribution in [0.1, 0.15) is 49.0 Å². The van der Waals surface area contributed by atoms with E-state index in [2.05, 4.69) is 10.5 Å². The number of nitrogens with zero attached hydrogens (tertiary/aromatic N) is 1. The fourth-order valence-corrected chi connectivity index (χ4v) is 4.86. The van der Waals surface area contributed by atoms with E-state index in [0.29, 0.717) is 45.9 Å². The molecule has 1 amide bonds. The highest BCUT2D eigenvalue weighted by atomic mass is 32.1. The molecule has 12 heteroatoms. The molecule has 0 radical (unpaired) electrons. The summed E-state index contributed by atoms with van der Waals surface area (Å²) >= 11 is 1.26. The van der Waals surface area contributed by atoms with Crippen molar-refractivity contribution in [3.05, 3.63) is 58.7 Å².